The van der Waals surface area contributed by atoms with Gasteiger partial charge >= 0.3 is 0 Å². The predicted octanol–water partition coefficient (Wildman–Crippen LogP) is -0.355. The Morgan fingerprint density at radius 3 is 3.00 bits per heavy atom. The Bertz CT molecular complexity index is 129. The smallest absolute Gasteiger partial charge is 0.190 e. The van der Waals surface area contributed by atoms with Crippen LogP contribution in [-0.4, -0.2) is 18.8 Å². The van der Waals surface area contributed by atoms with Crippen molar-refractivity contribution in [2.45, 2.75) is 0 Å². The highest BCUT2D eigenvalue weighted by atomic mass is 32.1. The van der Waals surface area contributed by atoms with Gasteiger partial charge < -0.3 is 5.32 Å². The SMILES string of the molecule is C#CCONC(=S)NC. The Morgan fingerprint density at radius 2 is 2.56 bits per heavy atom. The van der Waals surface area contributed by atoms with Crippen LogP contribution in [0.4, 0.5) is 0 Å². The number of nitrogens with one attached hydrogen (secondary N) is 2. The van der Waals surface area contributed by atoms with Crippen molar-refractivity contribution < 1.29 is 4.84 Å². The zero-order valence-electron chi connectivity index (χ0n) is 5.10. The monoisotopic (exact) mass is 144 g/mol. The van der Waals surface area contributed by atoms with Crippen LogP contribution in [0.15, 0.2) is 0 Å². The van der Waals surface area contributed by atoms with E-state index in [0.717, 1.165) is 0 Å². The van der Waals surface area contributed by atoms with Gasteiger partial charge in [0.2, 0.25) is 0 Å². The zero-order valence-corrected chi connectivity index (χ0v) is 5.92. The van der Waals surface area contributed by atoms with E-state index < -0.39 is 0 Å². The number of terminal acetylenes is 1. The molecule has 0 fully saturated rings. The molecule has 4 heteroatoms. The van der Waals surface area contributed by atoms with Crippen LogP contribution in [0.3, 0.4) is 0 Å². The van der Waals surface area contributed by atoms with Crippen molar-refractivity contribution in [2.75, 3.05) is 13.7 Å². The second-order valence-electron chi connectivity index (χ2n) is 1.17. The lowest BCUT2D eigenvalue weighted by Crippen LogP contribution is -2.32. The predicted molar refractivity (Wildman–Crippen MR) is 39.6 cm³/mol. The normalized spacial score (nSPS) is 7.56. The van der Waals surface area contributed by atoms with Gasteiger partial charge in [-0.25, -0.2) is 5.48 Å². The van der Waals surface area contributed by atoms with Crippen molar-refractivity contribution in [3.63, 3.8) is 0 Å². The summed E-state index contributed by atoms with van der Waals surface area (Å²) in [6.07, 6.45) is 4.88. The summed E-state index contributed by atoms with van der Waals surface area (Å²) in [6, 6.07) is 0. The van der Waals surface area contributed by atoms with E-state index in [4.69, 9.17) is 6.42 Å². The van der Waals surface area contributed by atoms with E-state index in [1.807, 2.05) is 0 Å². The molecule has 0 aliphatic rings. The molecule has 0 rings (SSSR count). The molecule has 0 unspecified atom stereocenters. The summed E-state index contributed by atoms with van der Waals surface area (Å²) < 4.78 is 0. The summed E-state index contributed by atoms with van der Waals surface area (Å²) in [5, 5.41) is 3.07. The van der Waals surface area contributed by atoms with Crippen LogP contribution in [0.5, 0.6) is 0 Å². The first-order valence-electron chi connectivity index (χ1n) is 2.34. The average Bonchev–Trinajstić information content (AvgIpc) is 1.89. The van der Waals surface area contributed by atoms with E-state index in [2.05, 4.69) is 33.8 Å². The van der Waals surface area contributed by atoms with Crippen molar-refractivity contribution in [1.82, 2.24) is 10.8 Å². The lowest BCUT2D eigenvalue weighted by atomic mass is 10.8. The van der Waals surface area contributed by atoms with Crippen LogP contribution >= 0.6 is 12.2 Å². The number of rotatable bonds is 2. The zero-order chi connectivity index (χ0) is 7.11. The van der Waals surface area contributed by atoms with Gasteiger partial charge in [0.15, 0.2) is 5.11 Å². The Balaban J connectivity index is 3.09. The number of hydrogen-bond acceptors (Lipinski definition) is 2. The minimum atomic E-state index is 0.210. The van der Waals surface area contributed by atoms with Crippen LogP contribution in [-0.2, 0) is 4.84 Å². The topological polar surface area (TPSA) is 33.3 Å². The molecule has 0 aromatic carbocycles. The van der Waals surface area contributed by atoms with Crippen LogP contribution in [0.2, 0.25) is 0 Å². The van der Waals surface area contributed by atoms with Crippen molar-refractivity contribution in [3.8, 4) is 12.3 Å². The van der Waals surface area contributed by atoms with Gasteiger partial charge in [-0.1, -0.05) is 5.92 Å². The molecule has 0 aromatic heterocycles. The van der Waals surface area contributed by atoms with Crippen molar-refractivity contribution in [1.29, 1.82) is 0 Å². The highest BCUT2D eigenvalue weighted by Crippen LogP contribution is 1.65. The lowest BCUT2D eigenvalue weighted by molar-refractivity contribution is 0.114. The highest BCUT2D eigenvalue weighted by Gasteiger charge is 1.85. The summed E-state index contributed by atoms with van der Waals surface area (Å²) in [5.41, 5.74) is 2.41. The Kier molecular flexibility index (Phi) is 4.88. The second kappa shape index (κ2) is 5.35. The molecule has 0 spiro atoms. The van der Waals surface area contributed by atoms with Gasteiger partial charge in [0.1, 0.15) is 6.61 Å². The van der Waals surface area contributed by atoms with Gasteiger partial charge in [-0.2, -0.15) is 0 Å². The first kappa shape index (κ1) is 8.21. The summed E-state index contributed by atoms with van der Waals surface area (Å²) in [5.74, 6) is 2.28. The molecule has 0 atom stereocenters. The Morgan fingerprint density at radius 1 is 1.89 bits per heavy atom. The summed E-state index contributed by atoms with van der Waals surface area (Å²) in [7, 11) is 1.69. The maximum absolute atomic E-state index is 4.88. The largest absolute Gasteiger partial charge is 0.364 e. The first-order chi connectivity index (χ1) is 4.31. The highest BCUT2D eigenvalue weighted by molar-refractivity contribution is 7.80. The lowest BCUT2D eigenvalue weighted by Gasteiger charge is -2.02. The molecule has 0 aromatic rings. The molecule has 0 aliphatic heterocycles. The molecule has 50 valence electrons. The van der Waals surface area contributed by atoms with Gasteiger partial charge in [-0.3, -0.25) is 4.84 Å². The van der Waals surface area contributed by atoms with E-state index in [0.29, 0.717) is 5.11 Å². The minimum Gasteiger partial charge on any atom is -0.364 e. The average molecular weight is 144 g/mol. The molecular weight excluding hydrogens is 136 g/mol. The van der Waals surface area contributed by atoms with Crippen LogP contribution < -0.4 is 10.8 Å². The third-order valence-electron chi connectivity index (χ3n) is 0.547. The van der Waals surface area contributed by atoms with Crippen LogP contribution in [0.1, 0.15) is 0 Å². The summed E-state index contributed by atoms with van der Waals surface area (Å²) in [6.45, 7) is 0.210. The molecule has 0 bridgehead atoms. The Labute approximate surface area is 59.7 Å². The fourth-order valence-corrected chi connectivity index (χ4v) is 0.253. The molecule has 0 saturated carbocycles. The van der Waals surface area contributed by atoms with Gasteiger partial charge in [0.25, 0.3) is 0 Å². The minimum absolute atomic E-state index is 0.210. The molecule has 3 nitrogen and oxygen atoms in total. The number of hydrogen-bond donors (Lipinski definition) is 2. The number of thiocarbonyl (C=S) groups is 1. The standard InChI is InChI=1S/C5H8N2OS/c1-3-4-8-7-5(9)6-2/h1H,4H2,2H3,(H2,6,7,9). The second-order valence-corrected chi connectivity index (χ2v) is 1.58. The van der Waals surface area contributed by atoms with Crippen molar-refractivity contribution >= 4 is 17.3 Å². The van der Waals surface area contributed by atoms with Crippen molar-refractivity contribution in [2.24, 2.45) is 0 Å². The molecule has 0 amide bonds. The van der Waals surface area contributed by atoms with Gasteiger partial charge in [0, 0.05) is 7.05 Å². The van der Waals surface area contributed by atoms with Gasteiger partial charge in [-0.15, -0.1) is 6.42 Å². The van der Waals surface area contributed by atoms with Crippen molar-refractivity contribution in [3.05, 3.63) is 0 Å². The molecule has 0 aliphatic carbocycles. The third kappa shape index (κ3) is 5.07. The summed E-state index contributed by atoms with van der Waals surface area (Å²) in [4.78, 5) is 4.65. The maximum Gasteiger partial charge on any atom is 0.190 e. The number of hydroxylamine groups is 1. The first-order valence-corrected chi connectivity index (χ1v) is 2.75. The van der Waals surface area contributed by atoms with Crippen LogP contribution in [0.25, 0.3) is 0 Å². The molecule has 0 radical (unpaired) electrons. The van der Waals surface area contributed by atoms with E-state index in [-0.39, 0.29) is 6.61 Å². The Hall–Kier alpha value is -0.790. The molecule has 0 heterocycles. The fraction of sp³-hybridized carbons (Fsp3) is 0.400. The van der Waals surface area contributed by atoms with E-state index in [1.54, 1.807) is 7.05 Å². The van der Waals surface area contributed by atoms with E-state index >= 15 is 0 Å². The quantitative estimate of drug-likeness (QED) is 0.240. The maximum atomic E-state index is 4.88. The molecule has 9 heavy (non-hydrogen) atoms. The van der Waals surface area contributed by atoms with Gasteiger partial charge in [-0.05, 0) is 12.2 Å². The molecular formula is C5H8N2OS. The summed E-state index contributed by atoms with van der Waals surface area (Å²) >= 11 is 4.65. The van der Waals surface area contributed by atoms with Crippen LogP contribution in [0, 0.1) is 12.3 Å². The fourth-order valence-electron chi connectivity index (χ4n) is 0.194. The van der Waals surface area contributed by atoms with E-state index in [9.17, 15) is 0 Å². The molecule has 2 N–H and O–H groups in total. The third-order valence-corrected chi connectivity index (χ3v) is 0.835. The van der Waals surface area contributed by atoms with E-state index in [1.165, 1.54) is 0 Å². The van der Waals surface area contributed by atoms with Gasteiger partial charge in [0.05, 0.1) is 0 Å². The molecule has 0 saturated heterocycles.